The number of nitrogens with zero attached hydrogens (tertiary/aromatic N) is 2. The van der Waals surface area contributed by atoms with Crippen LogP contribution in [-0.2, 0) is 44.8 Å². The van der Waals surface area contributed by atoms with Gasteiger partial charge >= 0.3 is 0 Å². The fraction of sp³-hybridized carbons (Fsp3) is 0.632. The molecule has 0 aromatic heterocycles. The Hall–Kier alpha value is -5.22. The number of amides is 8. The molecule has 1 aromatic rings. The van der Waals surface area contributed by atoms with Crippen molar-refractivity contribution in [1.29, 1.82) is 0 Å². The molecule has 3 aliphatic heterocycles. The first kappa shape index (κ1) is 42.5. The summed E-state index contributed by atoms with van der Waals surface area (Å²) in [5.41, 5.74) is 0.614. The molecule has 3 fully saturated rings. The van der Waals surface area contributed by atoms with E-state index in [2.05, 4.69) is 31.9 Å². The second-order valence-electron chi connectivity index (χ2n) is 15.2. The Kier molecular flexibility index (Phi) is 14.6. The minimum Gasteiger partial charge on any atom is -0.508 e. The van der Waals surface area contributed by atoms with Crippen molar-refractivity contribution in [1.82, 2.24) is 41.7 Å². The van der Waals surface area contributed by atoms with Gasteiger partial charge in [0.15, 0.2) is 0 Å². The number of hydrogen-bond acceptors (Lipinski definition) is 9. The van der Waals surface area contributed by atoms with Crippen LogP contribution in [-0.4, -0.2) is 124 Å². The summed E-state index contributed by atoms with van der Waals surface area (Å²) in [4.78, 5) is 112. The number of carbonyl (C=O) groups is 8. The molecule has 3 saturated heterocycles. The monoisotopic (exact) mass is 768 g/mol. The SMILES string of the molecule is CC[C@@H](C)[C@@H]1NC(=O)[C@@H]2CCCN2C(=O)[C@@H]2CCCN2C(=O)[C@H](Cc2ccc(O)cc2)NC(=O)[C@H](C)NC(=O)[C@H](C)NC(=O)[C@H](C(C)C)NC(=O)CNC1=O. The van der Waals surface area contributed by atoms with Crippen molar-refractivity contribution in [3.63, 3.8) is 0 Å². The van der Waals surface area contributed by atoms with E-state index in [1.807, 2.05) is 6.92 Å². The summed E-state index contributed by atoms with van der Waals surface area (Å²) in [6.45, 7) is 9.87. The Morgan fingerprint density at radius 1 is 0.673 bits per heavy atom. The molecule has 302 valence electrons. The number of carbonyl (C=O) groups excluding carboxylic acids is 8. The van der Waals surface area contributed by atoms with Crippen LogP contribution >= 0.6 is 0 Å². The largest absolute Gasteiger partial charge is 0.508 e. The van der Waals surface area contributed by atoms with Gasteiger partial charge in [0.05, 0.1) is 6.54 Å². The van der Waals surface area contributed by atoms with Crippen LogP contribution in [0.25, 0.3) is 0 Å². The molecule has 8 atom stereocenters. The molecule has 8 amide bonds. The number of benzene rings is 1. The van der Waals surface area contributed by atoms with Crippen LogP contribution in [0.5, 0.6) is 5.75 Å². The third-order valence-electron chi connectivity index (χ3n) is 10.6. The molecule has 17 heteroatoms. The van der Waals surface area contributed by atoms with Crippen LogP contribution in [0.1, 0.15) is 79.2 Å². The lowest BCUT2D eigenvalue weighted by Gasteiger charge is -2.34. The molecule has 0 unspecified atom stereocenters. The van der Waals surface area contributed by atoms with Gasteiger partial charge in [0.2, 0.25) is 47.3 Å². The van der Waals surface area contributed by atoms with Crippen molar-refractivity contribution in [2.24, 2.45) is 11.8 Å². The first-order valence-corrected chi connectivity index (χ1v) is 19.2. The van der Waals surface area contributed by atoms with E-state index >= 15 is 0 Å². The molecule has 3 aliphatic rings. The zero-order valence-corrected chi connectivity index (χ0v) is 32.5. The number of aromatic hydroxyl groups is 1. The first-order valence-electron chi connectivity index (χ1n) is 19.2. The van der Waals surface area contributed by atoms with Crippen molar-refractivity contribution in [2.45, 2.75) is 122 Å². The van der Waals surface area contributed by atoms with Gasteiger partial charge in [-0.15, -0.1) is 0 Å². The van der Waals surface area contributed by atoms with Crippen LogP contribution in [0.2, 0.25) is 0 Å². The molecule has 0 aliphatic carbocycles. The lowest BCUT2D eigenvalue weighted by atomic mass is 9.97. The van der Waals surface area contributed by atoms with Gasteiger partial charge in [0.25, 0.3) is 0 Å². The fourth-order valence-corrected chi connectivity index (χ4v) is 7.11. The van der Waals surface area contributed by atoms with Crippen LogP contribution in [0.3, 0.4) is 0 Å². The zero-order valence-electron chi connectivity index (χ0n) is 32.5. The van der Waals surface area contributed by atoms with E-state index in [0.29, 0.717) is 37.7 Å². The molecule has 0 radical (unpaired) electrons. The van der Waals surface area contributed by atoms with E-state index in [9.17, 15) is 43.5 Å². The molecule has 1 aromatic carbocycles. The predicted molar refractivity (Wildman–Crippen MR) is 200 cm³/mol. The van der Waals surface area contributed by atoms with Gasteiger partial charge in [-0.05, 0) is 69.1 Å². The van der Waals surface area contributed by atoms with Gasteiger partial charge in [0, 0.05) is 19.5 Å². The van der Waals surface area contributed by atoms with Crippen molar-refractivity contribution in [3.05, 3.63) is 29.8 Å². The quantitative estimate of drug-likeness (QED) is 0.199. The van der Waals surface area contributed by atoms with E-state index in [4.69, 9.17) is 0 Å². The number of phenolic OH excluding ortho intramolecular Hbond substituents is 1. The molecule has 55 heavy (non-hydrogen) atoms. The summed E-state index contributed by atoms with van der Waals surface area (Å²) < 4.78 is 0. The van der Waals surface area contributed by atoms with E-state index in [-0.39, 0.29) is 31.2 Å². The Morgan fingerprint density at radius 3 is 1.84 bits per heavy atom. The van der Waals surface area contributed by atoms with Gasteiger partial charge < -0.3 is 46.8 Å². The highest BCUT2D eigenvalue weighted by molar-refractivity contribution is 5.98. The summed E-state index contributed by atoms with van der Waals surface area (Å²) in [7, 11) is 0. The van der Waals surface area contributed by atoms with Crippen molar-refractivity contribution in [3.8, 4) is 5.75 Å². The predicted octanol–water partition coefficient (Wildman–Crippen LogP) is -0.788. The van der Waals surface area contributed by atoms with Crippen LogP contribution in [0.15, 0.2) is 24.3 Å². The summed E-state index contributed by atoms with van der Waals surface area (Å²) >= 11 is 0. The molecule has 0 spiro atoms. The first-order chi connectivity index (χ1) is 26.0. The summed E-state index contributed by atoms with van der Waals surface area (Å²) in [6.07, 6.45) is 2.23. The smallest absolute Gasteiger partial charge is 0.246 e. The Morgan fingerprint density at radius 2 is 1.24 bits per heavy atom. The maximum atomic E-state index is 14.3. The summed E-state index contributed by atoms with van der Waals surface area (Å²) in [5, 5.41) is 25.7. The normalized spacial score (nSPS) is 28.9. The molecule has 4 rings (SSSR count). The van der Waals surface area contributed by atoms with E-state index in [1.165, 1.54) is 35.8 Å². The average molecular weight is 769 g/mol. The van der Waals surface area contributed by atoms with Gasteiger partial charge in [-0.3, -0.25) is 38.4 Å². The number of hydrogen-bond donors (Lipinski definition) is 7. The minimum atomic E-state index is -1.17. The average Bonchev–Trinajstić information content (AvgIpc) is 3.85. The lowest BCUT2D eigenvalue weighted by Crippen LogP contribution is -2.60. The Labute approximate surface area is 321 Å². The lowest BCUT2D eigenvalue weighted by molar-refractivity contribution is -0.148. The Balaban J connectivity index is 1.67. The van der Waals surface area contributed by atoms with Crippen molar-refractivity contribution >= 4 is 47.3 Å². The van der Waals surface area contributed by atoms with Crippen molar-refractivity contribution in [2.75, 3.05) is 19.6 Å². The maximum Gasteiger partial charge on any atom is 0.246 e. The van der Waals surface area contributed by atoms with Gasteiger partial charge in [-0.1, -0.05) is 46.2 Å². The Bertz CT molecular complexity index is 1620. The minimum absolute atomic E-state index is 0.00547. The van der Waals surface area contributed by atoms with Gasteiger partial charge in [-0.2, -0.15) is 0 Å². The topological polar surface area (TPSA) is 235 Å². The molecular weight excluding hydrogens is 712 g/mol. The summed E-state index contributed by atoms with van der Waals surface area (Å²) in [5.74, 6) is -5.54. The second kappa shape index (κ2) is 18.9. The standard InChI is InChI=1S/C38H56N8O9/c1-7-21(4)31-35(52)39-19-29(48)43-30(20(2)3)36(53)41-22(5)32(49)40-23(6)33(50)42-26(18-24-12-14-25(47)15-13-24)37(54)46-17-9-11-28(46)38(55)45-16-8-10-27(45)34(51)44-31/h12-15,20-23,26-28,30-31,47H,7-11,16-19H2,1-6H3,(H,39,52)(H,40,49)(H,41,53)(H,42,50)(H,43,48)(H,44,51)/t21-,22+,23+,26+,27+,28+,30+,31+/m1/s1. The molecule has 7 N–H and O–H groups in total. The van der Waals surface area contributed by atoms with Gasteiger partial charge in [-0.25, -0.2) is 0 Å². The van der Waals surface area contributed by atoms with E-state index < -0.39 is 102 Å². The highest BCUT2D eigenvalue weighted by Gasteiger charge is 2.44. The third kappa shape index (κ3) is 10.7. The highest BCUT2D eigenvalue weighted by atomic mass is 16.3. The number of nitrogens with one attached hydrogen (secondary N) is 6. The molecule has 3 heterocycles. The third-order valence-corrected chi connectivity index (χ3v) is 10.6. The molecular formula is C38H56N8O9. The highest BCUT2D eigenvalue weighted by Crippen LogP contribution is 2.27. The number of fused-ring (bicyclic) bond motifs is 2. The second-order valence-corrected chi connectivity index (χ2v) is 15.2. The zero-order chi connectivity index (χ0) is 40.6. The fourth-order valence-electron chi connectivity index (χ4n) is 7.11. The maximum absolute atomic E-state index is 14.3. The van der Waals surface area contributed by atoms with Crippen LogP contribution in [0, 0.1) is 11.8 Å². The molecule has 0 bridgehead atoms. The molecule has 17 nitrogen and oxygen atoms in total. The molecule has 0 saturated carbocycles. The van der Waals surface area contributed by atoms with E-state index in [1.54, 1.807) is 32.9 Å². The van der Waals surface area contributed by atoms with Gasteiger partial charge in [0.1, 0.15) is 48.0 Å². The van der Waals surface area contributed by atoms with Crippen molar-refractivity contribution < 1.29 is 43.5 Å². The van der Waals surface area contributed by atoms with E-state index in [0.717, 1.165) is 0 Å². The number of phenols is 1. The van der Waals surface area contributed by atoms with Crippen LogP contribution < -0.4 is 31.9 Å². The van der Waals surface area contributed by atoms with Crippen LogP contribution in [0.4, 0.5) is 0 Å². The number of rotatable bonds is 5. The summed E-state index contributed by atoms with van der Waals surface area (Å²) in [6, 6.07) is -1.27.